The third-order valence-corrected chi connectivity index (χ3v) is 5.73. The molecule has 1 aliphatic heterocycles. The largest absolute Gasteiger partial charge is 0.497 e. The number of ether oxygens (including phenoxy) is 1. The van der Waals surface area contributed by atoms with Crippen LogP contribution in [-0.4, -0.2) is 29.1 Å². The Bertz CT molecular complexity index is 994. The summed E-state index contributed by atoms with van der Waals surface area (Å²) >= 11 is 0. The molecule has 1 saturated heterocycles. The fraction of sp³-hybridized carbons (Fsp3) is 0.391. The second kappa shape index (κ2) is 7.66. The Morgan fingerprint density at radius 2 is 2.04 bits per heavy atom. The Kier molecular flexibility index (Phi) is 5.07. The van der Waals surface area contributed by atoms with Gasteiger partial charge in [0.15, 0.2) is 0 Å². The number of hydrogen-bond donors (Lipinski definition) is 0. The number of carbonyl (C=O) groups excluding carboxylic acids is 1. The van der Waals surface area contributed by atoms with Gasteiger partial charge in [-0.3, -0.25) is 4.79 Å². The Labute approximate surface area is 165 Å². The van der Waals surface area contributed by atoms with Crippen LogP contribution in [0.3, 0.4) is 0 Å². The van der Waals surface area contributed by atoms with Crippen molar-refractivity contribution < 1.29 is 9.53 Å². The predicted octanol–water partition coefficient (Wildman–Crippen LogP) is 4.61. The van der Waals surface area contributed by atoms with E-state index in [0.717, 1.165) is 41.3 Å². The van der Waals surface area contributed by atoms with Gasteiger partial charge in [-0.1, -0.05) is 38.5 Å². The number of aromatic nitrogens is 2. The topological polar surface area (TPSA) is 47.4 Å². The van der Waals surface area contributed by atoms with E-state index >= 15 is 0 Å². The van der Waals surface area contributed by atoms with Crippen LogP contribution in [0, 0.1) is 5.92 Å². The van der Waals surface area contributed by atoms with Gasteiger partial charge in [-0.15, -0.1) is 0 Å². The lowest BCUT2D eigenvalue weighted by atomic mass is 10.1. The molecule has 2 heterocycles. The summed E-state index contributed by atoms with van der Waals surface area (Å²) in [6.07, 6.45) is 1.60. The molecule has 3 aromatic rings. The minimum atomic E-state index is 0.0927. The summed E-state index contributed by atoms with van der Waals surface area (Å²) in [6, 6.07) is 16.0. The van der Waals surface area contributed by atoms with Crippen LogP contribution >= 0.6 is 0 Å². The highest BCUT2D eigenvalue weighted by Gasteiger charge is 2.35. The number of hydrogen-bond acceptors (Lipinski definition) is 3. The normalized spacial score (nSPS) is 18.0. The van der Waals surface area contributed by atoms with Gasteiger partial charge in [-0.05, 0) is 30.2 Å². The molecule has 2 atom stereocenters. The molecular formula is C23H27N3O2. The number of para-hydroxylation sites is 2. The maximum absolute atomic E-state index is 12.8. The van der Waals surface area contributed by atoms with Crippen molar-refractivity contribution in [3.63, 3.8) is 0 Å². The predicted molar refractivity (Wildman–Crippen MR) is 112 cm³/mol. The third-order valence-electron chi connectivity index (χ3n) is 5.73. The van der Waals surface area contributed by atoms with Gasteiger partial charge in [-0.2, -0.15) is 0 Å². The van der Waals surface area contributed by atoms with Crippen molar-refractivity contribution in [2.24, 2.45) is 5.92 Å². The van der Waals surface area contributed by atoms with E-state index in [0.29, 0.717) is 18.9 Å². The molecule has 5 heteroatoms. The second-order valence-corrected chi connectivity index (χ2v) is 7.69. The minimum Gasteiger partial charge on any atom is -0.497 e. The number of amides is 1. The van der Waals surface area contributed by atoms with E-state index in [1.165, 1.54) is 0 Å². The monoisotopic (exact) mass is 377 g/mol. The molecule has 0 spiro atoms. The Balaban J connectivity index is 1.68. The van der Waals surface area contributed by atoms with Gasteiger partial charge in [-0.25, -0.2) is 4.98 Å². The first-order valence-electron chi connectivity index (χ1n) is 10.00. The molecule has 5 nitrogen and oxygen atoms in total. The minimum absolute atomic E-state index is 0.0927. The second-order valence-electron chi connectivity index (χ2n) is 7.69. The van der Waals surface area contributed by atoms with Gasteiger partial charge in [0.05, 0.1) is 18.1 Å². The summed E-state index contributed by atoms with van der Waals surface area (Å²) in [6.45, 7) is 6.06. The molecule has 0 radical (unpaired) electrons. The van der Waals surface area contributed by atoms with Crippen LogP contribution in [0.25, 0.3) is 11.0 Å². The molecule has 0 saturated carbocycles. The molecule has 0 aliphatic carbocycles. The quantitative estimate of drug-likeness (QED) is 0.630. The summed E-state index contributed by atoms with van der Waals surface area (Å²) in [4.78, 5) is 19.6. The van der Waals surface area contributed by atoms with Crippen LogP contribution in [0.2, 0.25) is 0 Å². The first-order valence-corrected chi connectivity index (χ1v) is 10.00. The maximum atomic E-state index is 12.8. The molecule has 28 heavy (non-hydrogen) atoms. The zero-order valence-corrected chi connectivity index (χ0v) is 16.8. The number of anilines is 1. The average molecular weight is 377 g/mol. The van der Waals surface area contributed by atoms with Gasteiger partial charge >= 0.3 is 0 Å². The number of benzene rings is 2. The Morgan fingerprint density at radius 1 is 1.21 bits per heavy atom. The molecule has 1 aromatic heterocycles. The zero-order valence-electron chi connectivity index (χ0n) is 16.8. The van der Waals surface area contributed by atoms with Crippen molar-refractivity contribution in [3.8, 4) is 5.75 Å². The molecule has 0 N–H and O–H groups in total. The highest BCUT2D eigenvalue weighted by Crippen LogP contribution is 2.34. The van der Waals surface area contributed by atoms with Gasteiger partial charge in [0, 0.05) is 37.2 Å². The first kappa shape index (κ1) is 18.5. The SMILES string of the molecule is CC[C@@H](C)Cn1c([C@@H]2CC(=O)N(c3cccc(OC)c3)C2)nc2ccccc21. The summed E-state index contributed by atoms with van der Waals surface area (Å²) < 4.78 is 7.65. The molecule has 0 bridgehead atoms. The summed E-state index contributed by atoms with van der Waals surface area (Å²) in [7, 11) is 1.64. The molecule has 0 unspecified atom stereocenters. The molecule has 1 fully saturated rings. The van der Waals surface area contributed by atoms with Crippen LogP contribution in [0.1, 0.15) is 38.4 Å². The lowest BCUT2D eigenvalue weighted by Gasteiger charge is -2.19. The van der Waals surface area contributed by atoms with Crippen molar-refractivity contribution in [3.05, 3.63) is 54.4 Å². The Morgan fingerprint density at radius 3 is 2.82 bits per heavy atom. The number of imidazole rings is 1. The van der Waals surface area contributed by atoms with Gasteiger partial charge in [0.1, 0.15) is 11.6 Å². The number of nitrogens with zero attached hydrogens (tertiary/aromatic N) is 3. The van der Waals surface area contributed by atoms with Crippen LogP contribution in [0.5, 0.6) is 5.75 Å². The van der Waals surface area contributed by atoms with Gasteiger partial charge in [0.25, 0.3) is 0 Å². The van der Waals surface area contributed by atoms with E-state index < -0.39 is 0 Å². The number of fused-ring (bicyclic) bond motifs is 1. The summed E-state index contributed by atoms with van der Waals surface area (Å²) in [5.74, 6) is 2.58. The van der Waals surface area contributed by atoms with Crippen LogP contribution < -0.4 is 9.64 Å². The highest BCUT2D eigenvalue weighted by atomic mass is 16.5. The Hall–Kier alpha value is -2.82. The van der Waals surface area contributed by atoms with Crippen molar-refractivity contribution in [1.29, 1.82) is 0 Å². The van der Waals surface area contributed by atoms with E-state index in [1.54, 1.807) is 7.11 Å². The van der Waals surface area contributed by atoms with Gasteiger partial charge in [0.2, 0.25) is 5.91 Å². The van der Waals surface area contributed by atoms with E-state index in [1.807, 2.05) is 35.2 Å². The van der Waals surface area contributed by atoms with E-state index in [4.69, 9.17) is 9.72 Å². The van der Waals surface area contributed by atoms with E-state index in [-0.39, 0.29) is 11.8 Å². The lowest BCUT2D eigenvalue weighted by Crippen LogP contribution is -2.24. The van der Waals surface area contributed by atoms with Crippen LogP contribution in [-0.2, 0) is 11.3 Å². The van der Waals surface area contributed by atoms with Crippen molar-refractivity contribution in [1.82, 2.24) is 9.55 Å². The molecule has 2 aromatic carbocycles. The lowest BCUT2D eigenvalue weighted by molar-refractivity contribution is -0.117. The molecule has 1 aliphatic rings. The number of rotatable bonds is 6. The van der Waals surface area contributed by atoms with Crippen molar-refractivity contribution in [2.75, 3.05) is 18.6 Å². The smallest absolute Gasteiger partial charge is 0.227 e. The highest BCUT2D eigenvalue weighted by molar-refractivity contribution is 5.96. The molecule has 146 valence electrons. The van der Waals surface area contributed by atoms with Crippen LogP contribution in [0.15, 0.2) is 48.5 Å². The molecule has 4 rings (SSSR count). The average Bonchev–Trinajstić information content (AvgIpc) is 3.28. The molecular weight excluding hydrogens is 350 g/mol. The third kappa shape index (κ3) is 3.37. The van der Waals surface area contributed by atoms with Crippen LogP contribution in [0.4, 0.5) is 5.69 Å². The fourth-order valence-corrected chi connectivity index (χ4v) is 3.95. The van der Waals surface area contributed by atoms with E-state index in [2.05, 4.69) is 36.6 Å². The standard InChI is InChI=1S/C23H27N3O2/c1-4-16(2)14-26-21-11-6-5-10-20(21)24-23(26)17-12-22(27)25(15-17)18-8-7-9-19(13-18)28-3/h5-11,13,16-17H,4,12,14-15H2,1-3H3/t16-,17-/m1/s1. The van der Waals surface area contributed by atoms with E-state index in [9.17, 15) is 4.79 Å². The van der Waals surface area contributed by atoms with Gasteiger partial charge < -0.3 is 14.2 Å². The summed E-state index contributed by atoms with van der Waals surface area (Å²) in [5, 5.41) is 0. The summed E-state index contributed by atoms with van der Waals surface area (Å²) in [5.41, 5.74) is 3.05. The number of methoxy groups -OCH3 is 1. The van der Waals surface area contributed by atoms with Crippen molar-refractivity contribution >= 4 is 22.6 Å². The first-order chi connectivity index (χ1) is 13.6. The fourth-order valence-electron chi connectivity index (χ4n) is 3.95. The molecule has 1 amide bonds. The van der Waals surface area contributed by atoms with Crippen molar-refractivity contribution in [2.45, 2.75) is 39.2 Å². The number of carbonyl (C=O) groups is 1. The zero-order chi connectivity index (χ0) is 19.7. The maximum Gasteiger partial charge on any atom is 0.227 e.